The lowest BCUT2D eigenvalue weighted by atomic mass is 10.00. The first-order chi connectivity index (χ1) is 12.1. The van der Waals surface area contributed by atoms with E-state index >= 15 is 0 Å². The van der Waals surface area contributed by atoms with Crippen LogP contribution in [0.5, 0.6) is 0 Å². The van der Waals surface area contributed by atoms with Crippen LogP contribution in [-0.2, 0) is 11.3 Å². The van der Waals surface area contributed by atoms with Gasteiger partial charge in [0.25, 0.3) is 0 Å². The second kappa shape index (κ2) is 7.99. The maximum atomic E-state index is 12.3. The molecule has 1 heterocycles. The van der Waals surface area contributed by atoms with Gasteiger partial charge in [0.05, 0.1) is 12.6 Å². The molecule has 2 aliphatic rings. The van der Waals surface area contributed by atoms with E-state index in [9.17, 15) is 10.1 Å². The van der Waals surface area contributed by atoms with Crippen molar-refractivity contribution in [3.05, 3.63) is 35.4 Å². The highest BCUT2D eigenvalue weighted by atomic mass is 16.2. The van der Waals surface area contributed by atoms with E-state index in [0.717, 1.165) is 58.4 Å². The molecule has 3 rings (SSSR count). The van der Waals surface area contributed by atoms with Gasteiger partial charge in [0.1, 0.15) is 5.54 Å². The molecule has 0 bridgehead atoms. The Kier molecular flexibility index (Phi) is 5.72. The van der Waals surface area contributed by atoms with Crippen molar-refractivity contribution < 1.29 is 4.79 Å². The molecule has 0 aromatic heterocycles. The van der Waals surface area contributed by atoms with Crippen molar-refractivity contribution >= 4 is 5.91 Å². The number of carbonyl (C=O) groups excluding carboxylic acids is 1. The molecular weight excluding hydrogens is 312 g/mol. The maximum absolute atomic E-state index is 12.3. The van der Waals surface area contributed by atoms with Gasteiger partial charge in [-0.3, -0.25) is 14.6 Å². The zero-order chi connectivity index (χ0) is 17.7. The van der Waals surface area contributed by atoms with Crippen LogP contribution in [0.2, 0.25) is 0 Å². The molecule has 1 saturated heterocycles. The van der Waals surface area contributed by atoms with Gasteiger partial charge in [-0.15, -0.1) is 0 Å². The molecule has 1 aliphatic heterocycles. The van der Waals surface area contributed by atoms with Gasteiger partial charge in [-0.2, -0.15) is 5.26 Å². The third-order valence-electron chi connectivity index (χ3n) is 5.37. The number of benzene rings is 1. The molecule has 1 N–H and O–H groups in total. The smallest absolute Gasteiger partial charge is 0.235 e. The largest absolute Gasteiger partial charge is 0.337 e. The predicted octanol–water partition coefficient (Wildman–Crippen LogP) is 2.07. The third-order valence-corrected chi connectivity index (χ3v) is 5.37. The summed E-state index contributed by atoms with van der Waals surface area (Å²) in [5, 5.41) is 12.4. The van der Waals surface area contributed by atoms with E-state index in [1.807, 2.05) is 0 Å². The van der Waals surface area contributed by atoms with E-state index in [2.05, 4.69) is 52.4 Å². The van der Waals surface area contributed by atoms with E-state index in [-0.39, 0.29) is 5.91 Å². The van der Waals surface area contributed by atoms with Crippen LogP contribution in [0.4, 0.5) is 0 Å². The lowest BCUT2D eigenvalue weighted by molar-refractivity contribution is -0.124. The average molecular weight is 340 g/mol. The van der Waals surface area contributed by atoms with Crippen LogP contribution < -0.4 is 5.32 Å². The molecule has 5 heteroatoms. The van der Waals surface area contributed by atoms with Gasteiger partial charge in [-0.05, 0) is 38.2 Å². The number of amides is 1. The average Bonchev–Trinajstić information content (AvgIpc) is 3.05. The molecule has 1 aromatic carbocycles. The number of rotatable bonds is 5. The first-order valence-electron chi connectivity index (χ1n) is 9.31. The Balaban J connectivity index is 1.43. The standard InChI is InChI=1S/C20H28N4O/c1-17-5-4-6-18(13-17)14-23-9-11-24(12-10-23)15-19(25)22-20(16-21)7-2-3-8-20/h4-6,13H,2-3,7-12,14-15H2,1H3,(H,22,25). The Labute approximate surface area is 150 Å². The van der Waals surface area contributed by atoms with Crippen LogP contribution in [0.15, 0.2) is 24.3 Å². The number of nitrogens with one attached hydrogen (secondary N) is 1. The fraction of sp³-hybridized carbons (Fsp3) is 0.600. The molecule has 1 aromatic rings. The van der Waals surface area contributed by atoms with Crippen LogP contribution in [0, 0.1) is 18.3 Å². The molecule has 5 nitrogen and oxygen atoms in total. The topological polar surface area (TPSA) is 59.4 Å². The molecular formula is C20H28N4O. The number of hydrogen-bond donors (Lipinski definition) is 1. The molecule has 0 atom stereocenters. The lowest BCUT2D eigenvalue weighted by Gasteiger charge is -2.35. The number of aryl methyl sites for hydroxylation is 1. The van der Waals surface area contributed by atoms with Crippen LogP contribution in [0.25, 0.3) is 0 Å². The zero-order valence-electron chi connectivity index (χ0n) is 15.1. The highest BCUT2D eigenvalue weighted by Gasteiger charge is 2.35. The Morgan fingerprint density at radius 2 is 1.88 bits per heavy atom. The highest BCUT2D eigenvalue weighted by Crippen LogP contribution is 2.28. The van der Waals surface area contributed by atoms with E-state index in [0.29, 0.717) is 6.54 Å². The van der Waals surface area contributed by atoms with Crippen LogP contribution >= 0.6 is 0 Å². The van der Waals surface area contributed by atoms with Crippen molar-refractivity contribution in [3.63, 3.8) is 0 Å². The number of nitriles is 1. The van der Waals surface area contributed by atoms with Crippen LogP contribution in [0.3, 0.4) is 0 Å². The van der Waals surface area contributed by atoms with Gasteiger partial charge in [-0.1, -0.05) is 29.8 Å². The fourth-order valence-corrected chi connectivity index (χ4v) is 3.93. The first-order valence-corrected chi connectivity index (χ1v) is 9.31. The van der Waals surface area contributed by atoms with Crippen molar-refractivity contribution in [1.82, 2.24) is 15.1 Å². The van der Waals surface area contributed by atoms with Crippen LogP contribution in [0.1, 0.15) is 36.8 Å². The summed E-state index contributed by atoms with van der Waals surface area (Å²) in [5.74, 6) is -0.00409. The van der Waals surface area contributed by atoms with Gasteiger partial charge >= 0.3 is 0 Å². The number of hydrogen-bond acceptors (Lipinski definition) is 4. The van der Waals surface area contributed by atoms with Gasteiger partial charge in [-0.25, -0.2) is 0 Å². The van der Waals surface area contributed by atoms with Crippen LogP contribution in [-0.4, -0.2) is 54.0 Å². The molecule has 134 valence electrons. The van der Waals surface area contributed by atoms with E-state index in [1.54, 1.807) is 0 Å². The number of nitrogens with zero attached hydrogens (tertiary/aromatic N) is 3. The monoisotopic (exact) mass is 340 g/mol. The second-order valence-corrected chi connectivity index (χ2v) is 7.49. The first kappa shape index (κ1) is 17.9. The molecule has 1 aliphatic carbocycles. The summed E-state index contributed by atoms with van der Waals surface area (Å²) in [6.07, 6.45) is 3.65. The van der Waals surface area contributed by atoms with Gasteiger partial charge in [0.15, 0.2) is 0 Å². The highest BCUT2D eigenvalue weighted by molar-refractivity contribution is 5.79. The summed E-state index contributed by atoms with van der Waals surface area (Å²) in [4.78, 5) is 17.0. The minimum atomic E-state index is -0.607. The SMILES string of the molecule is Cc1cccc(CN2CCN(CC(=O)NC3(C#N)CCCC3)CC2)c1. The minimum absolute atomic E-state index is 0.00409. The molecule has 0 unspecified atom stereocenters. The van der Waals surface area contributed by atoms with Gasteiger partial charge in [0.2, 0.25) is 5.91 Å². The Morgan fingerprint density at radius 1 is 1.20 bits per heavy atom. The molecule has 1 saturated carbocycles. The number of piperazine rings is 1. The van der Waals surface area contributed by atoms with E-state index in [1.165, 1.54) is 11.1 Å². The second-order valence-electron chi connectivity index (χ2n) is 7.49. The summed E-state index contributed by atoms with van der Waals surface area (Å²) >= 11 is 0. The summed E-state index contributed by atoms with van der Waals surface area (Å²) < 4.78 is 0. The third kappa shape index (κ3) is 4.81. The lowest BCUT2D eigenvalue weighted by Crippen LogP contribution is -2.52. The normalized spacial score (nSPS) is 21.0. The number of carbonyl (C=O) groups is 1. The van der Waals surface area contributed by atoms with Crippen molar-refractivity contribution in [2.75, 3.05) is 32.7 Å². The molecule has 25 heavy (non-hydrogen) atoms. The molecule has 0 spiro atoms. The fourth-order valence-electron chi connectivity index (χ4n) is 3.93. The van der Waals surface area contributed by atoms with Crippen molar-refractivity contribution in [3.8, 4) is 6.07 Å². The Hall–Kier alpha value is -1.90. The van der Waals surface area contributed by atoms with Crippen molar-refractivity contribution in [1.29, 1.82) is 5.26 Å². The van der Waals surface area contributed by atoms with E-state index < -0.39 is 5.54 Å². The Morgan fingerprint density at radius 3 is 2.52 bits per heavy atom. The molecule has 2 fully saturated rings. The van der Waals surface area contributed by atoms with E-state index in [4.69, 9.17) is 0 Å². The van der Waals surface area contributed by atoms with Gasteiger partial charge < -0.3 is 5.32 Å². The molecule has 1 amide bonds. The predicted molar refractivity (Wildman–Crippen MR) is 97.9 cm³/mol. The van der Waals surface area contributed by atoms with Gasteiger partial charge in [0, 0.05) is 32.7 Å². The minimum Gasteiger partial charge on any atom is -0.337 e. The van der Waals surface area contributed by atoms with Crippen molar-refractivity contribution in [2.45, 2.75) is 44.7 Å². The summed E-state index contributed by atoms with van der Waals surface area (Å²) in [6, 6.07) is 11.0. The maximum Gasteiger partial charge on any atom is 0.235 e. The molecule has 0 radical (unpaired) electrons. The zero-order valence-corrected chi connectivity index (χ0v) is 15.1. The Bertz CT molecular complexity index is 637. The summed E-state index contributed by atoms with van der Waals surface area (Å²) in [5.41, 5.74) is 2.04. The summed E-state index contributed by atoms with van der Waals surface area (Å²) in [6.45, 7) is 7.26. The summed E-state index contributed by atoms with van der Waals surface area (Å²) in [7, 11) is 0. The van der Waals surface area contributed by atoms with Crippen molar-refractivity contribution in [2.24, 2.45) is 0 Å². The quantitative estimate of drug-likeness (QED) is 0.891.